The molecular weight excluding hydrogens is 280 g/mol. The van der Waals surface area contributed by atoms with E-state index < -0.39 is 11.5 Å². The molecule has 1 rings (SSSR count). The number of ketones is 1. The summed E-state index contributed by atoms with van der Waals surface area (Å²) in [7, 11) is 0. The van der Waals surface area contributed by atoms with Crippen molar-refractivity contribution in [1.82, 2.24) is 0 Å². The molecule has 0 aromatic heterocycles. The van der Waals surface area contributed by atoms with Crippen LogP contribution in [0.25, 0.3) is 0 Å². The van der Waals surface area contributed by atoms with Crippen LogP contribution in [0.2, 0.25) is 0 Å². The van der Waals surface area contributed by atoms with Crippen molar-refractivity contribution in [1.29, 1.82) is 0 Å². The Morgan fingerprint density at radius 1 is 1.23 bits per heavy atom. The van der Waals surface area contributed by atoms with Gasteiger partial charge in [-0.2, -0.15) is 0 Å². The standard InChI is InChI=1S/C18H26O4/c1-6-10-21-15-9-7-8-14(11-15)16(13(2)19)12-17(20)22-18(3,4)5/h7-9,11,16H,6,10,12H2,1-5H3/t16-/m1/s1. The predicted molar refractivity (Wildman–Crippen MR) is 86.1 cm³/mol. The van der Waals surface area contributed by atoms with E-state index in [4.69, 9.17) is 9.47 Å². The fourth-order valence-corrected chi connectivity index (χ4v) is 2.09. The predicted octanol–water partition coefficient (Wildman–Crippen LogP) is 3.88. The minimum Gasteiger partial charge on any atom is -0.494 e. The van der Waals surface area contributed by atoms with Crippen LogP contribution < -0.4 is 4.74 Å². The summed E-state index contributed by atoms with van der Waals surface area (Å²) in [5.74, 6) is -0.208. The van der Waals surface area contributed by atoms with E-state index in [1.807, 2.05) is 52.0 Å². The van der Waals surface area contributed by atoms with E-state index >= 15 is 0 Å². The third kappa shape index (κ3) is 6.29. The second-order valence-electron chi connectivity index (χ2n) is 6.37. The van der Waals surface area contributed by atoms with Crippen molar-refractivity contribution in [3.63, 3.8) is 0 Å². The molecule has 4 nitrogen and oxygen atoms in total. The molecule has 0 bridgehead atoms. The van der Waals surface area contributed by atoms with Crippen LogP contribution in [0.1, 0.15) is 58.9 Å². The third-order valence-corrected chi connectivity index (χ3v) is 3.01. The number of rotatable bonds is 7. The highest BCUT2D eigenvalue weighted by Crippen LogP contribution is 2.26. The van der Waals surface area contributed by atoms with Gasteiger partial charge in [0, 0.05) is 0 Å². The monoisotopic (exact) mass is 306 g/mol. The molecule has 0 aliphatic carbocycles. The van der Waals surface area contributed by atoms with Gasteiger partial charge < -0.3 is 9.47 Å². The molecule has 122 valence electrons. The summed E-state index contributed by atoms with van der Waals surface area (Å²) < 4.78 is 10.9. The maximum Gasteiger partial charge on any atom is 0.307 e. The molecular formula is C18H26O4. The molecule has 0 amide bonds. The lowest BCUT2D eigenvalue weighted by molar-refractivity contribution is -0.156. The lowest BCUT2D eigenvalue weighted by Crippen LogP contribution is -2.26. The molecule has 0 fully saturated rings. The van der Waals surface area contributed by atoms with Crippen molar-refractivity contribution in [3.8, 4) is 5.75 Å². The van der Waals surface area contributed by atoms with E-state index in [1.165, 1.54) is 6.92 Å². The molecule has 1 aromatic rings. The van der Waals surface area contributed by atoms with Gasteiger partial charge >= 0.3 is 5.97 Å². The van der Waals surface area contributed by atoms with Gasteiger partial charge in [-0.05, 0) is 51.8 Å². The molecule has 0 N–H and O–H groups in total. The number of hydrogen-bond acceptors (Lipinski definition) is 4. The summed E-state index contributed by atoms with van der Waals surface area (Å²) >= 11 is 0. The second kappa shape index (κ2) is 7.97. The molecule has 1 aromatic carbocycles. The van der Waals surface area contributed by atoms with E-state index in [9.17, 15) is 9.59 Å². The van der Waals surface area contributed by atoms with E-state index in [1.54, 1.807) is 0 Å². The second-order valence-corrected chi connectivity index (χ2v) is 6.37. The molecule has 0 unspecified atom stereocenters. The number of esters is 1. The first-order valence-electron chi connectivity index (χ1n) is 7.68. The molecule has 0 radical (unpaired) electrons. The number of Topliss-reactive ketones (excluding diaryl/α,β-unsaturated/α-hetero) is 1. The zero-order chi connectivity index (χ0) is 16.8. The van der Waals surface area contributed by atoms with Crippen molar-refractivity contribution < 1.29 is 19.1 Å². The number of carbonyl (C=O) groups excluding carboxylic acids is 2. The highest BCUT2D eigenvalue weighted by Gasteiger charge is 2.24. The largest absolute Gasteiger partial charge is 0.494 e. The quantitative estimate of drug-likeness (QED) is 0.717. The summed E-state index contributed by atoms with van der Waals surface area (Å²) in [4.78, 5) is 23.9. The van der Waals surface area contributed by atoms with Gasteiger partial charge in [-0.25, -0.2) is 0 Å². The van der Waals surface area contributed by atoms with Crippen molar-refractivity contribution in [2.45, 2.75) is 59.0 Å². The van der Waals surface area contributed by atoms with Crippen LogP contribution in [0.5, 0.6) is 5.75 Å². The van der Waals surface area contributed by atoms with Crippen molar-refractivity contribution in [3.05, 3.63) is 29.8 Å². The molecule has 0 saturated carbocycles. The molecule has 0 heterocycles. The Morgan fingerprint density at radius 3 is 2.45 bits per heavy atom. The van der Waals surface area contributed by atoms with Crippen LogP contribution in [0.3, 0.4) is 0 Å². The Morgan fingerprint density at radius 2 is 1.91 bits per heavy atom. The minimum absolute atomic E-state index is 0.0455. The van der Waals surface area contributed by atoms with Gasteiger partial charge in [0.2, 0.25) is 0 Å². The van der Waals surface area contributed by atoms with E-state index in [2.05, 4.69) is 0 Å². The normalized spacial score (nSPS) is 12.6. The van der Waals surface area contributed by atoms with Gasteiger partial charge in [-0.1, -0.05) is 19.1 Å². The number of carbonyl (C=O) groups is 2. The lowest BCUT2D eigenvalue weighted by atomic mass is 9.92. The Balaban J connectivity index is 2.87. The van der Waals surface area contributed by atoms with Crippen molar-refractivity contribution >= 4 is 11.8 Å². The summed E-state index contributed by atoms with van der Waals surface area (Å²) in [6.07, 6.45) is 0.960. The van der Waals surface area contributed by atoms with Crippen LogP contribution in [0, 0.1) is 0 Å². The fraction of sp³-hybridized carbons (Fsp3) is 0.556. The van der Waals surface area contributed by atoms with Crippen LogP contribution in [0.4, 0.5) is 0 Å². The molecule has 0 saturated heterocycles. The van der Waals surface area contributed by atoms with Gasteiger partial charge in [0.25, 0.3) is 0 Å². The highest BCUT2D eigenvalue weighted by molar-refractivity contribution is 5.88. The first kappa shape index (κ1) is 18.2. The molecule has 0 aliphatic rings. The van der Waals surface area contributed by atoms with Crippen LogP contribution in [-0.4, -0.2) is 24.0 Å². The average Bonchev–Trinajstić information content (AvgIpc) is 2.40. The summed E-state index contributed by atoms with van der Waals surface area (Å²) in [5.41, 5.74) is 0.233. The zero-order valence-electron chi connectivity index (χ0n) is 14.1. The number of benzene rings is 1. The molecule has 0 spiro atoms. The average molecular weight is 306 g/mol. The smallest absolute Gasteiger partial charge is 0.307 e. The van der Waals surface area contributed by atoms with Gasteiger partial charge in [0.15, 0.2) is 0 Å². The van der Waals surface area contributed by atoms with Crippen LogP contribution in [-0.2, 0) is 14.3 Å². The van der Waals surface area contributed by atoms with Crippen molar-refractivity contribution in [2.24, 2.45) is 0 Å². The van der Waals surface area contributed by atoms with Gasteiger partial charge in [-0.15, -0.1) is 0 Å². The Labute approximate surface area is 132 Å². The maximum atomic E-state index is 12.0. The van der Waals surface area contributed by atoms with E-state index in [0.717, 1.165) is 17.7 Å². The number of ether oxygens (including phenoxy) is 2. The molecule has 4 heteroatoms. The maximum absolute atomic E-state index is 12.0. The van der Waals surface area contributed by atoms with E-state index in [-0.39, 0.29) is 18.2 Å². The van der Waals surface area contributed by atoms with Crippen molar-refractivity contribution in [2.75, 3.05) is 6.61 Å². The molecule has 1 atom stereocenters. The Kier molecular flexibility index (Phi) is 6.60. The fourth-order valence-electron chi connectivity index (χ4n) is 2.09. The SMILES string of the molecule is CCCOc1cccc([C@H](CC(=O)OC(C)(C)C)C(C)=O)c1. The highest BCUT2D eigenvalue weighted by atomic mass is 16.6. The zero-order valence-corrected chi connectivity index (χ0v) is 14.1. The number of hydrogen-bond donors (Lipinski definition) is 0. The van der Waals surface area contributed by atoms with Crippen LogP contribution in [0.15, 0.2) is 24.3 Å². The molecule has 0 aliphatic heterocycles. The summed E-state index contributed by atoms with van der Waals surface area (Å²) in [5, 5.41) is 0. The minimum atomic E-state index is -0.551. The first-order valence-corrected chi connectivity index (χ1v) is 7.68. The summed E-state index contributed by atoms with van der Waals surface area (Å²) in [6.45, 7) is 9.59. The van der Waals surface area contributed by atoms with Crippen LogP contribution >= 0.6 is 0 Å². The first-order chi connectivity index (χ1) is 10.2. The van der Waals surface area contributed by atoms with E-state index in [0.29, 0.717) is 6.61 Å². The van der Waals surface area contributed by atoms with Gasteiger partial charge in [0.05, 0.1) is 18.9 Å². The molecule has 22 heavy (non-hydrogen) atoms. The third-order valence-electron chi connectivity index (χ3n) is 3.01. The Hall–Kier alpha value is -1.84. The topological polar surface area (TPSA) is 52.6 Å². The van der Waals surface area contributed by atoms with Gasteiger partial charge in [-0.3, -0.25) is 9.59 Å². The lowest BCUT2D eigenvalue weighted by Gasteiger charge is -2.21. The summed E-state index contributed by atoms with van der Waals surface area (Å²) in [6, 6.07) is 7.36. The van der Waals surface area contributed by atoms with Gasteiger partial charge in [0.1, 0.15) is 17.1 Å². The Bertz CT molecular complexity index is 514.